The van der Waals surface area contributed by atoms with E-state index < -0.39 is 30.6 Å². The molecule has 0 amide bonds. The minimum absolute atomic E-state index is 1.36. The lowest BCUT2D eigenvalue weighted by molar-refractivity contribution is 1.43. The third kappa shape index (κ3) is 4.62. The van der Waals surface area contributed by atoms with Crippen LogP contribution in [-0.4, -0.2) is 22.0 Å². The summed E-state index contributed by atoms with van der Waals surface area (Å²) >= 11 is 0. The lowest BCUT2D eigenvalue weighted by Gasteiger charge is -2.37. The van der Waals surface area contributed by atoms with Crippen LogP contribution in [0.5, 0.6) is 0 Å². The highest BCUT2D eigenvalue weighted by Crippen LogP contribution is 2.57. The summed E-state index contributed by atoms with van der Waals surface area (Å²) in [6.07, 6.45) is 0. The fourth-order valence-corrected chi connectivity index (χ4v) is 26.4. The smallest absolute Gasteiger partial charge is 0.205 e. The van der Waals surface area contributed by atoms with Crippen LogP contribution in [0, 0.1) is 0 Å². The van der Waals surface area contributed by atoms with E-state index in [4.69, 9.17) is 4.41 Å². The van der Waals surface area contributed by atoms with E-state index in [0.29, 0.717) is 0 Å². The van der Waals surface area contributed by atoms with Crippen LogP contribution in [0.4, 0.5) is 0 Å². The highest BCUT2D eigenvalue weighted by molar-refractivity contribution is 8.09. The molecule has 1 unspecified atom stereocenters. The molecule has 4 aromatic rings. The lowest BCUT2D eigenvalue weighted by atomic mass is 10.4. The molecule has 1 atom stereocenters. The van der Waals surface area contributed by atoms with Crippen molar-refractivity contribution in [2.45, 2.75) is 32.7 Å². The molecule has 1 aliphatic heterocycles. The van der Waals surface area contributed by atoms with Crippen LogP contribution >= 0.6 is 14.1 Å². The summed E-state index contributed by atoms with van der Waals surface area (Å²) in [5.74, 6) is 0. The largest absolute Gasteiger partial charge is 0.320 e. The predicted molar refractivity (Wildman–Crippen MR) is 170 cm³/mol. The van der Waals surface area contributed by atoms with Crippen molar-refractivity contribution in [3.8, 4) is 0 Å². The van der Waals surface area contributed by atoms with Gasteiger partial charge in [-0.1, -0.05) is 135 Å². The molecule has 0 radical (unpaired) electrons. The Bertz CT molecular complexity index is 1430. The van der Waals surface area contributed by atoms with Crippen molar-refractivity contribution in [2.24, 2.45) is 4.41 Å². The van der Waals surface area contributed by atoms with Crippen LogP contribution in [0.3, 0.4) is 0 Å². The molecular weight excluding hydrogens is 506 g/mol. The summed E-state index contributed by atoms with van der Waals surface area (Å²) in [5.41, 5.74) is 2.76. The Morgan fingerprint density at radius 3 is 1.69 bits per heavy atom. The normalized spacial score (nSPS) is 18.8. The van der Waals surface area contributed by atoms with E-state index in [-0.39, 0.29) is 0 Å². The van der Waals surface area contributed by atoms with Gasteiger partial charge in [0.1, 0.15) is 8.24 Å². The van der Waals surface area contributed by atoms with Gasteiger partial charge in [0.05, 0.1) is 0 Å². The first-order chi connectivity index (χ1) is 17.2. The number of hydrogen-bond acceptors (Lipinski definition) is 2. The van der Waals surface area contributed by atoms with Crippen molar-refractivity contribution in [3.05, 3.63) is 115 Å². The minimum atomic E-state index is -2.18. The monoisotopic (exact) mass is 542 g/mol. The maximum absolute atomic E-state index is 5.95. The Morgan fingerprint density at radius 1 is 0.694 bits per heavy atom. The van der Waals surface area contributed by atoms with Gasteiger partial charge in [0.2, 0.25) is 8.24 Å². The summed E-state index contributed by atoms with van der Waals surface area (Å²) in [6.45, 7) is 12.1. The minimum Gasteiger partial charge on any atom is -0.320 e. The molecule has 0 aliphatic carbocycles. The molecule has 5 rings (SSSR count). The van der Waals surface area contributed by atoms with Crippen LogP contribution in [-0.2, 0) is 0 Å². The van der Waals surface area contributed by atoms with E-state index in [1.807, 2.05) is 0 Å². The number of rotatable bonds is 6. The fourth-order valence-electron chi connectivity index (χ4n) is 5.34. The van der Waals surface area contributed by atoms with Gasteiger partial charge in [0.15, 0.2) is 0 Å². The highest BCUT2D eigenvalue weighted by Gasteiger charge is 2.43. The van der Waals surface area contributed by atoms with E-state index in [1.165, 1.54) is 26.4 Å². The molecule has 0 fully saturated rings. The molecule has 1 aliphatic rings. The van der Waals surface area contributed by atoms with Crippen molar-refractivity contribution in [2.75, 3.05) is 0 Å². The topological polar surface area (TPSA) is 24.4 Å². The molecule has 0 saturated carbocycles. The average molecular weight is 543 g/mol. The lowest BCUT2D eigenvalue weighted by Crippen LogP contribution is -2.45. The second-order valence-electron chi connectivity index (χ2n) is 11.1. The van der Waals surface area contributed by atoms with Crippen LogP contribution in [0.2, 0.25) is 32.7 Å². The molecule has 2 nitrogen and oxygen atoms in total. The second kappa shape index (κ2) is 9.60. The fraction of sp³-hybridized carbons (Fsp3) is 0.167. The first-order valence-corrected chi connectivity index (χ1v) is 22.7. The van der Waals surface area contributed by atoms with Crippen LogP contribution < -0.4 is 31.2 Å². The summed E-state index contributed by atoms with van der Waals surface area (Å²) in [4.78, 5) is 0. The van der Waals surface area contributed by atoms with Gasteiger partial charge in [-0.05, 0) is 45.0 Å². The number of nitrogens with one attached hydrogen (secondary N) is 1. The molecule has 0 bridgehead atoms. The first kappa shape index (κ1) is 25.5. The third-order valence-corrected chi connectivity index (χ3v) is 23.1. The van der Waals surface area contributed by atoms with Gasteiger partial charge >= 0.3 is 0 Å². The maximum atomic E-state index is 5.95. The summed E-state index contributed by atoms with van der Waals surface area (Å²) in [7, 11) is -8.06. The van der Waals surface area contributed by atoms with Crippen molar-refractivity contribution >= 4 is 62.5 Å². The molecule has 0 spiro atoms. The molecule has 36 heavy (non-hydrogen) atoms. The highest BCUT2D eigenvalue weighted by atomic mass is 31.2. The van der Waals surface area contributed by atoms with Crippen molar-refractivity contribution in [3.63, 3.8) is 0 Å². The quantitative estimate of drug-likeness (QED) is 0.233. The van der Waals surface area contributed by atoms with Gasteiger partial charge in [-0.2, -0.15) is 0 Å². The van der Waals surface area contributed by atoms with Gasteiger partial charge in [-0.3, -0.25) is 0 Å². The summed E-state index contributed by atoms with van der Waals surface area (Å²) in [6, 6.07) is 42.6. The molecule has 6 heteroatoms. The van der Waals surface area contributed by atoms with E-state index in [9.17, 15) is 0 Å². The third-order valence-electron chi connectivity index (χ3n) is 6.67. The van der Waals surface area contributed by atoms with Crippen molar-refractivity contribution < 1.29 is 0 Å². The summed E-state index contributed by atoms with van der Waals surface area (Å²) in [5, 5.41) is 7.08. The number of nitrogens with zero attached hydrogens (tertiary/aromatic N) is 1. The van der Waals surface area contributed by atoms with E-state index in [1.54, 1.807) is 0 Å². The zero-order valence-electron chi connectivity index (χ0n) is 21.9. The van der Waals surface area contributed by atoms with E-state index in [0.717, 1.165) is 0 Å². The van der Waals surface area contributed by atoms with Gasteiger partial charge in [0.25, 0.3) is 0 Å². The molecular formula is C30H36N2P2Si2. The summed E-state index contributed by atoms with van der Waals surface area (Å²) < 4.78 is 10.3. The van der Waals surface area contributed by atoms with Crippen molar-refractivity contribution in [1.29, 1.82) is 0 Å². The van der Waals surface area contributed by atoms with E-state index >= 15 is 0 Å². The number of hydrogen-bond donors (Lipinski definition) is 1. The van der Waals surface area contributed by atoms with Gasteiger partial charge in [-0.25, -0.2) is 0 Å². The Balaban J connectivity index is 2.00. The van der Waals surface area contributed by atoms with Crippen LogP contribution in [0.25, 0.3) is 0 Å². The zero-order valence-corrected chi connectivity index (χ0v) is 25.7. The van der Waals surface area contributed by atoms with E-state index in [2.05, 4.69) is 158 Å². The standard InChI is InChI=1S/C30H36N2P2Si2/c1-35(2,3)31-33(26-17-9-6-10-18-26,27-19-11-7-12-20-27)25-34(28-21-13-8-14-22-28)29-23-15-16-24-30(29)36(4,5)32-34/h6-25,31H,1-5H3. The maximum Gasteiger partial charge on any atom is 0.205 e. The Hall–Kier alpha value is -2.20. The molecule has 0 aromatic heterocycles. The molecule has 4 aromatic carbocycles. The van der Waals surface area contributed by atoms with Crippen LogP contribution in [0.1, 0.15) is 0 Å². The number of fused-ring (bicyclic) bond motifs is 1. The molecule has 1 heterocycles. The zero-order chi connectivity index (χ0) is 25.4. The number of benzene rings is 4. The Kier molecular flexibility index (Phi) is 6.78. The van der Waals surface area contributed by atoms with Gasteiger partial charge in [-0.15, -0.1) is 0 Å². The second-order valence-corrected chi connectivity index (χ2v) is 26.7. The molecule has 1 N–H and O–H groups in total. The van der Waals surface area contributed by atoms with Gasteiger partial charge in [0, 0.05) is 14.1 Å². The SMILES string of the molecule is C[Si](C)(C)NP(=CP1(c2ccccc2)=N[Si](C)(C)c2ccccc21)(c1ccccc1)c1ccccc1. The van der Waals surface area contributed by atoms with Gasteiger partial charge < -0.3 is 9.16 Å². The first-order valence-electron chi connectivity index (χ1n) is 12.6. The Labute approximate surface area is 219 Å². The molecule has 184 valence electrons. The Morgan fingerprint density at radius 2 is 1.17 bits per heavy atom. The van der Waals surface area contributed by atoms with Crippen molar-refractivity contribution in [1.82, 2.24) is 4.75 Å². The van der Waals surface area contributed by atoms with Crippen LogP contribution in [0.15, 0.2) is 120 Å². The molecule has 0 saturated heterocycles. The average Bonchev–Trinajstić information content (AvgIpc) is 3.11. The predicted octanol–water partition coefficient (Wildman–Crippen LogP) is 6.03.